The van der Waals surface area contributed by atoms with Gasteiger partial charge in [0.25, 0.3) is 0 Å². The van der Waals surface area contributed by atoms with Gasteiger partial charge in [0, 0.05) is 24.6 Å². The van der Waals surface area contributed by atoms with Gasteiger partial charge < -0.3 is 19.1 Å². The zero-order chi connectivity index (χ0) is 23.9. The lowest BCUT2D eigenvalue weighted by atomic mass is 9.63. The second-order valence-electron chi connectivity index (χ2n) is 12.2. The first-order valence-corrected chi connectivity index (χ1v) is 12.9. The zero-order valence-corrected chi connectivity index (χ0v) is 21.5. The molecule has 1 amide bonds. The number of likely N-dealkylation sites (tertiary alicyclic amines) is 1. The van der Waals surface area contributed by atoms with Gasteiger partial charge in [0.1, 0.15) is 17.0 Å². The van der Waals surface area contributed by atoms with E-state index in [2.05, 4.69) is 45.0 Å². The van der Waals surface area contributed by atoms with Crippen molar-refractivity contribution >= 4 is 6.09 Å². The standard InChI is InChI=1S/C28H43NO4/c1-20(2)10-9-13-27(6)22-18-28(14-16-29(17-15-28)25(30)33-26(3,4)5)19-31-24(22)21-11-7-8-12-23(21)32-27/h7-8,11-12,20,22,24H,9-10,13-19H2,1-6H3/t22-,24+,27-/m0/s1. The van der Waals surface area contributed by atoms with E-state index in [0.29, 0.717) is 11.8 Å². The van der Waals surface area contributed by atoms with Gasteiger partial charge >= 0.3 is 6.09 Å². The molecule has 5 nitrogen and oxygen atoms in total. The minimum atomic E-state index is -0.460. The molecule has 5 heteroatoms. The maximum Gasteiger partial charge on any atom is 0.410 e. The summed E-state index contributed by atoms with van der Waals surface area (Å²) < 4.78 is 19.1. The van der Waals surface area contributed by atoms with Crippen molar-refractivity contribution < 1.29 is 19.0 Å². The highest BCUT2D eigenvalue weighted by Crippen LogP contribution is 2.56. The summed E-state index contributed by atoms with van der Waals surface area (Å²) in [6.45, 7) is 14.9. The molecule has 1 aromatic rings. The molecular formula is C28H43NO4. The first-order chi connectivity index (χ1) is 15.5. The number of hydrogen-bond acceptors (Lipinski definition) is 4. The van der Waals surface area contributed by atoms with Crippen LogP contribution in [0.4, 0.5) is 4.79 Å². The minimum absolute atomic E-state index is 0.0912. The topological polar surface area (TPSA) is 48.0 Å². The van der Waals surface area contributed by atoms with Crippen molar-refractivity contribution in [1.29, 1.82) is 0 Å². The van der Waals surface area contributed by atoms with Gasteiger partial charge in [0.05, 0.1) is 12.7 Å². The third kappa shape index (κ3) is 5.34. The van der Waals surface area contributed by atoms with E-state index in [0.717, 1.165) is 51.1 Å². The molecule has 0 aliphatic carbocycles. The third-order valence-corrected chi connectivity index (χ3v) is 7.87. The van der Waals surface area contributed by atoms with E-state index in [1.807, 2.05) is 25.7 Å². The Morgan fingerprint density at radius 3 is 2.58 bits per heavy atom. The number of piperidine rings is 1. The SMILES string of the molecule is CC(C)CCC[C@]1(C)Oc2ccccc2[C@H]2OCC3(CCN(C(=O)OC(C)(C)C)CC3)C[C@@H]21. The van der Waals surface area contributed by atoms with E-state index >= 15 is 0 Å². The number of amides is 1. The lowest BCUT2D eigenvalue weighted by Gasteiger charge is -2.55. The van der Waals surface area contributed by atoms with Gasteiger partial charge in [-0.1, -0.05) is 38.5 Å². The van der Waals surface area contributed by atoms with E-state index in [1.165, 1.54) is 18.4 Å². The number of nitrogens with zero attached hydrogens (tertiary/aromatic N) is 1. The third-order valence-electron chi connectivity index (χ3n) is 7.87. The summed E-state index contributed by atoms with van der Waals surface area (Å²) in [5.41, 5.74) is 0.612. The Kier molecular flexibility index (Phi) is 6.74. The largest absolute Gasteiger partial charge is 0.487 e. The second-order valence-corrected chi connectivity index (χ2v) is 12.2. The Morgan fingerprint density at radius 1 is 1.21 bits per heavy atom. The van der Waals surface area contributed by atoms with Crippen molar-refractivity contribution in [2.24, 2.45) is 17.3 Å². The van der Waals surface area contributed by atoms with E-state index in [1.54, 1.807) is 0 Å². The predicted octanol–water partition coefficient (Wildman–Crippen LogP) is 6.76. The first kappa shape index (κ1) is 24.4. The summed E-state index contributed by atoms with van der Waals surface area (Å²) in [4.78, 5) is 14.5. The molecule has 2 fully saturated rings. The van der Waals surface area contributed by atoms with E-state index in [4.69, 9.17) is 14.2 Å². The molecule has 3 heterocycles. The summed E-state index contributed by atoms with van der Waals surface area (Å²) >= 11 is 0. The Morgan fingerprint density at radius 2 is 1.91 bits per heavy atom. The van der Waals surface area contributed by atoms with Gasteiger partial charge in [0.15, 0.2) is 0 Å². The molecule has 4 rings (SSSR count). The van der Waals surface area contributed by atoms with E-state index in [9.17, 15) is 4.79 Å². The fourth-order valence-electron chi connectivity index (χ4n) is 5.93. The number of carbonyl (C=O) groups is 1. The summed E-state index contributed by atoms with van der Waals surface area (Å²) in [6, 6.07) is 8.42. The molecule has 0 aromatic heterocycles. The van der Waals surface area contributed by atoms with Crippen molar-refractivity contribution in [3.8, 4) is 5.75 Å². The fraction of sp³-hybridized carbons (Fsp3) is 0.750. The van der Waals surface area contributed by atoms with Gasteiger partial charge in [-0.15, -0.1) is 0 Å². The maximum atomic E-state index is 12.6. The van der Waals surface area contributed by atoms with Gasteiger partial charge in [-0.3, -0.25) is 0 Å². The quantitative estimate of drug-likeness (QED) is 0.501. The van der Waals surface area contributed by atoms with Crippen molar-refractivity contribution in [2.75, 3.05) is 19.7 Å². The summed E-state index contributed by atoms with van der Waals surface area (Å²) in [6.07, 6.45) is 6.33. The molecule has 0 bridgehead atoms. The van der Waals surface area contributed by atoms with Crippen LogP contribution in [0.2, 0.25) is 0 Å². The van der Waals surface area contributed by atoms with Gasteiger partial charge in [-0.05, 0) is 77.2 Å². The highest BCUT2D eigenvalue weighted by molar-refractivity contribution is 5.68. The molecule has 2 saturated heterocycles. The zero-order valence-electron chi connectivity index (χ0n) is 21.5. The van der Waals surface area contributed by atoms with Crippen LogP contribution in [0.3, 0.4) is 0 Å². The number of rotatable bonds is 4. The van der Waals surface area contributed by atoms with Crippen molar-refractivity contribution in [3.63, 3.8) is 0 Å². The molecule has 3 aliphatic rings. The number of hydrogen-bond donors (Lipinski definition) is 0. The van der Waals surface area contributed by atoms with Gasteiger partial charge in [0.2, 0.25) is 0 Å². The Bertz CT molecular complexity index is 837. The smallest absolute Gasteiger partial charge is 0.410 e. The highest BCUT2D eigenvalue weighted by Gasteiger charge is 2.54. The van der Waals surface area contributed by atoms with Crippen LogP contribution in [0.5, 0.6) is 5.75 Å². The Hall–Kier alpha value is -1.75. The van der Waals surface area contributed by atoms with Crippen LogP contribution in [0.1, 0.15) is 91.7 Å². The average molecular weight is 458 g/mol. The van der Waals surface area contributed by atoms with Gasteiger partial charge in [-0.25, -0.2) is 4.79 Å². The Balaban J connectivity index is 1.50. The number of carbonyl (C=O) groups excluding carboxylic acids is 1. The average Bonchev–Trinajstić information content (AvgIpc) is 2.73. The van der Waals surface area contributed by atoms with Gasteiger partial charge in [-0.2, -0.15) is 0 Å². The van der Waals surface area contributed by atoms with Crippen molar-refractivity contribution in [1.82, 2.24) is 4.90 Å². The van der Waals surface area contributed by atoms with Crippen LogP contribution in [-0.4, -0.2) is 41.9 Å². The summed E-state index contributed by atoms with van der Waals surface area (Å²) in [7, 11) is 0. The van der Waals surface area contributed by atoms with Crippen molar-refractivity contribution in [3.05, 3.63) is 29.8 Å². The minimum Gasteiger partial charge on any atom is -0.487 e. The molecule has 184 valence electrons. The first-order valence-electron chi connectivity index (χ1n) is 12.9. The lowest BCUT2D eigenvalue weighted by Crippen LogP contribution is -2.56. The van der Waals surface area contributed by atoms with E-state index in [-0.39, 0.29) is 23.2 Å². The fourth-order valence-corrected chi connectivity index (χ4v) is 5.93. The van der Waals surface area contributed by atoms with Crippen LogP contribution >= 0.6 is 0 Å². The predicted molar refractivity (Wildman–Crippen MR) is 130 cm³/mol. The summed E-state index contributed by atoms with van der Waals surface area (Å²) in [5.74, 6) is 2.01. The molecular weight excluding hydrogens is 414 g/mol. The van der Waals surface area contributed by atoms with Crippen LogP contribution in [0.15, 0.2) is 24.3 Å². The maximum absolute atomic E-state index is 12.6. The summed E-state index contributed by atoms with van der Waals surface area (Å²) in [5, 5.41) is 0. The molecule has 1 aromatic carbocycles. The lowest BCUT2D eigenvalue weighted by molar-refractivity contribution is -0.180. The van der Waals surface area contributed by atoms with Crippen LogP contribution in [0, 0.1) is 17.3 Å². The molecule has 0 N–H and O–H groups in total. The number of para-hydroxylation sites is 1. The van der Waals surface area contributed by atoms with Crippen LogP contribution in [-0.2, 0) is 9.47 Å². The number of fused-ring (bicyclic) bond motifs is 3. The second kappa shape index (κ2) is 9.13. The van der Waals surface area contributed by atoms with E-state index < -0.39 is 5.60 Å². The van der Waals surface area contributed by atoms with Crippen molar-refractivity contribution in [2.45, 2.75) is 97.4 Å². The van der Waals surface area contributed by atoms with Crippen LogP contribution in [0.25, 0.3) is 0 Å². The molecule has 3 aliphatic heterocycles. The molecule has 3 atom stereocenters. The highest BCUT2D eigenvalue weighted by atomic mass is 16.6. The van der Waals surface area contributed by atoms with Crippen LogP contribution < -0.4 is 4.74 Å². The number of benzene rings is 1. The number of ether oxygens (including phenoxy) is 3. The molecule has 33 heavy (non-hydrogen) atoms. The molecule has 0 unspecified atom stereocenters. The molecule has 1 spiro atoms. The molecule has 0 saturated carbocycles. The molecule has 0 radical (unpaired) electrons. The Labute approximate surface area is 200 Å². The normalized spacial score (nSPS) is 28.8. The monoisotopic (exact) mass is 457 g/mol.